The molecule has 0 aliphatic rings. The maximum Gasteiger partial charge on any atom is 4.00 e. The van der Waals surface area contributed by atoms with E-state index >= 15 is 0 Å². The van der Waals surface area contributed by atoms with Crippen LogP contribution in [0.4, 0.5) is 0 Å². The van der Waals surface area contributed by atoms with Gasteiger partial charge in [-0.25, -0.2) is 0 Å². The van der Waals surface area contributed by atoms with Crippen molar-refractivity contribution in [3.8, 4) is 11.5 Å². The monoisotopic (exact) mass is 447 g/mol. The van der Waals surface area contributed by atoms with Crippen LogP contribution in [0.25, 0.3) is 21.8 Å². The van der Waals surface area contributed by atoms with Crippen LogP contribution < -0.4 is 9.47 Å². The van der Waals surface area contributed by atoms with Crippen LogP contribution in [0, 0.1) is 0 Å². The quantitative estimate of drug-likeness (QED) is 0.430. The van der Waals surface area contributed by atoms with Gasteiger partial charge in [0.2, 0.25) is 0 Å². The van der Waals surface area contributed by atoms with E-state index in [1.54, 1.807) is 26.6 Å². The third kappa shape index (κ3) is 5.44. The van der Waals surface area contributed by atoms with E-state index in [2.05, 4.69) is 9.97 Å². The van der Waals surface area contributed by atoms with E-state index in [9.17, 15) is 0 Å². The van der Waals surface area contributed by atoms with Crippen molar-refractivity contribution in [3.63, 3.8) is 0 Å². The van der Waals surface area contributed by atoms with Gasteiger partial charge in [0.25, 0.3) is 0 Å². The Kier molecular flexibility index (Phi) is 9.38. The van der Waals surface area contributed by atoms with Crippen molar-refractivity contribution in [2.45, 2.75) is 9.79 Å². The molecule has 0 aliphatic carbocycles. The Balaban J connectivity index is 0.000000261. The fraction of sp³-hybridized carbons (Fsp3) is 0.100. The minimum Gasteiger partial charge on any atom is -2.00 e. The van der Waals surface area contributed by atoms with Gasteiger partial charge in [-0.05, 0) is 36.4 Å². The van der Waals surface area contributed by atoms with Gasteiger partial charge < -0.3 is 40.2 Å². The van der Waals surface area contributed by atoms with Crippen molar-refractivity contribution >= 4 is 47.1 Å². The minimum absolute atomic E-state index is 0. The molecule has 0 saturated heterocycles. The van der Waals surface area contributed by atoms with Crippen molar-refractivity contribution < 1.29 is 33.5 Å². The number of nitrogens with zero attached hydrogens (tertiary/aromatic N) is 2. The van der Waals surface area contributed by atoms with Crippen LogP contribution in [0.5, 0.6) is 11.5 Å². The zero-order valence-corrected chi connectivity index (χ0v) is 18.2. The van der Waals surface area contributed by atoms with E-state index in [4.69, 9.17) is 34.7 Å². The molecule has 0 spiro atoms. The van der Waals surface area contributed by atoms with E-state index in [0.29, 0.717) is 0 Å². The molecule has 0 fully saturated rings. The van der Waals surface area contributed by atoms with Crippen molar-refractivity contribution in [2.24, 2.45) is 0 Å². The molecule has 0 atom stereocenters. The smallest absolute Gasteiger partial charge is 2.00 e. The van der Waals surface area contributed by atoms with Gasteiger partial charge in [-0.2, -0.15) is 0 Å². The molecule has 2 aromatic carbocycles. The Morgan fingerprint density at radius 2 is 1.11 bits per heavy atom. The first-order valence-electron chi connectivity index (χ1n) is 7.82. The van der Waals surface area contributed by atoms with Crippen molar-refractivity contribution in [2.75, 3.05) is 14.2 Å². The normalized spacial score (nSPS) is 9.50. The molecular formula is C20H16N2O3S2V. The molecule has 0 N–H and O–H groups in total. The molecule has 2 heterocycles. The second kappa shape index (κ2) is 11.0. The van der Waals surface area contributed by atoms with Crippen molar-refractivity contribution in [1.29, 1.82) is 0 Å². The van der Waals surface area contributed by atoms with E-state index in [1.165, 1.54) is 0 Å². The molecule has 0 unspecified atom stereocenters. The molecule has 0 bridgehead atoms. The summed E-state index contributed by atoms with van der Waals surface area (Å²) in [6.45, 7) is 0. The van der Waals surface area contributed by atoms with Gasteiger partial charge in [-0.1, -0.05) is 12.1 Å². The minimum atomic E-state index is 0. The number of ether oxygens (including phenoxy) is 2. The first-order chi connectivity index (χ1) is 12.6. The summed E-state index contributed by atoms with van der Waals surface area (Å²) >= 11 is 10.3. The molecule has 4 rings (SSSR count). The van der Waals surface area contributed by atoms with Crippen LogP contribution in [0.2, 0.25) is 0 Å². The van der Waals surface area contributed by atoms with E-state index in [-0.39, 0.29) is 24.0 Å². The maximum absolute atomic E-state index is 5.16. The van der Waals surface area contributed by atoms with Crippen LogP contribution in [-0.4, -0.2) is 24.2 Å². The van der Waals surface area contributed by atoms with Crippen LogP contribution in [0.15, 0.2) is 70.7 Å². The molecule has 28 heavy (non-hydrogen) atoms. The number of rotatable bonds is 2. The zero-order chi connectivity index (χ0) is 18.5. The number of fused-ring (bicyclic) bond motifs is 2. The Morgan fingerprint density at radius 3 is 1.46 bits per heavy atom. The summed E-state index contributed by atoms with van der Waals surface area (Å²) in [5.41, 5.74) is 1.72. The molecule has 0 aliphatic heterocycles. The molecule has 5 nitrogen and oxygen atoms in total. The molecule has 8 heteroatoms. The van der Waals surface area contributed by atoms with Crippen molar-refractivity contribution in [3.05, 3.63) is 60.9 Å². The Labute approximate surface area is 186 Å². The van der Waals surface area contributed by atoms with Crippen molar-refractivity contribution in [1.82, 2.24) is 9.97 Å². The third-order valence-electron chi connectivity index (χ3n) is 3.76. The summed E-state index contributed by atoms with van der Waals surface area (Å²) in [4.78, 5) is 9.86. The van der Waals surface area contributed by atoms with Gasteiger partial charge in [0, 0.05) is 23.2 Å². The van der Waals surface area contributed by atoms with E-state index in [1.807, 2.05) is 48.5 Å². The first kappa shape index (κ1) is 23.9. The molecule has 141 valence electrons. The number of hydrogen-bond donors (Lipinski definition) is 0. The summed E-state index contributed by atoms with van der Waals surface area (Å²) in [6, 6.07) is 15.2. The Bertz CT molecular complexity index is 979. The SMILES string of the molecule is COc1cc([S-])c2ncccc2c1.COc1cc([S-])c2ncccc2c1.[O-2].[V+4]. The summed E-state index contributed by atoms with van der Waals surface area (Å²) in [7, 11) is 3.26. The summed E-state index contributed by atoms with van der Waals surface area (Å²) in [6.07, 6.45) is 3.48. The van der Waals surface area contributed by atoms with Gasteiger partial charge in [0.1, 0.15) is 11.5 Å². The standard InChI is InChI=1S/2C10H9NOS.O.V/c2*1-12-8-5-7-3-2-4-11-10(7)9(13)6-8;;/h2*2-6,13H,1H3;;/q;;-2;+4/p-2. The second-order valence-electron chi connectivity index (χ2n) is 5.40. The van der Waals surface area contributed by atoms with E-state index in [0.717, 1.165) is 43.1 Å². The summed E-state index contributed by atoms with van der Waals surface area (Å²) < 4.78 is 10.2. The van der Waals surface area contributed by atoms with Gasteiger partial charge in [-0.3, -0.25) is 9.97 Å². The van der Waals surface area contributed by atoms with Crippen LogP contribution in [-0.2, 0) is 49.3 Å². The largest absolute Gasteiger partial charge is 4.00 e. The topological polar surface area (TPSA) is 72.7 Å². The zero-order valence-electron chi connectivity index (χ0n) is 15.2. The number of pyridine rings is 2. The molecule has 0 amide bonds. The van der Waals surface area contributed by atoms with Crippen LogP contribution in [0.3, 0.4) is 0 Å². The van der Waals surface area contributed by atoms with Gasteiger partial charge >= 0.3 is 18.6 Å². The molecule has 1 radical (unpaired) electrons. The predicted octanol–water partition coefficient (Wildman–Crippen LogP) is 4.18. The van der Waals surface area contributed by atoms with Gasteiger partial charge in [0.15, 0.2) is 0 Å². The predicted molar refractivity (Wildman–Crippen MR) is 109 cm³/mol. The molecule has 4 aromatic rings. The number of methoxy groups -OCH3 is 2. The molecule has 2 aromatic heterocycles. The summed E-state index contributed by atoms with van der Waals surface area (Å²) in [5.74, 6) is 1.57. The number of hydrogen-bond acceptors (Lipinski definition) is 6. The number of benzene rings is 2. The Hall–Kier alpha value is -2.16. The average Bonchev–Trinajstić information content (AvgIpc) is 2.68. The molecular weight excluding hydrogens is 431 g/mol. The molecule has 0 saturated carbocycles. The average molecular weight is 447 g/mol. The second-order valence-corrected chi connectivity index (χ2v) is 6.28. The van der Waals surface area contributed by atoms with Crippen LogP contribution >= 0.6 is 0 Å². The van der Waals surface area contributed by atoms with Gasteiger partial charge in [-0.15, -0.1) is 9.79 Å². The fourth-order valence-electron chi connectivity index (χ4n) is 2.50. The van der Waals surface area contributed by atoms with Crippen LogP contribution in [0.1, 0.15) is 0 Å². The first-order valence-corrected chi connectivity index (χ1v) is 8.63. The summed E-state index contributed by atoms with van der Waals surface area (Å²) in [5, 5.41) is 2.04. The van der Waals surface area contributed by atoms with Gasteiger partial charge in [0.05, 0.1) is 25.3 Å². The maximum atomic E-state index is 5.16. The third-order valence-corrected chi connectivity index (χ3v) is 4.38. The fourth-order valence-corrected chi connectivity index (χ4v) is 3.07. The number of aromatic nitrogens is 2. The van der Waals surface area contributed by atoms with E-state index < -0.39 is 0 Å². The Morgan fingerprint density at radius 1 is 0.714 bits per heavy atom.